The normalized spacial score (nSPS) is 15.2. The van der Waals surface area contributed by atoms with Crippen LogP contribution in [-0.4, -0.2) is 59.0 Å². The van der Waals surface area contributed by atoms with Gasteiger partial charge in [-0.25, -0.2) is 4.57 Å². The maximum Gasteiger partial charge on any atom is 0.472 e. The molecule has 0 aliphatic heterocycles. The first kappa shape index (κ1) is 53.2. The first-order chi connectivity index (χ1) is 26.8. The summed E-state index contributed by atoms with van der Waals surface area (Å²) in [6.45, 7) is 3.87. The fraction of sp³-hybridized carbons (Fsp3) is 0.756. The van der Waals surface area contributed by atoms with Crippen molar-refractivity contribution in [3.63, 3.8) is 0 Å². The predicted molar refractivity (Wildman–Crippen MR) is 232 cm³/mol. The zero-order chi connectivity index (χ0) is 40.5. The summed E-state index contributed by atoms with van der Waals surface area (Å²) in [7, 11) is -4.41. The van der Waals surface area contributed by atoms with Crippen LogP contribution >= 0.6 is 7.82 Å². The fourth-order valence-corrected chi connectivity index (χ4v) is 6.75. The van der Waals surface area contributed by atoms with E-state index in [9.17, 15) is 24.5 Å². The van der Waals surface area contributed by atoms with E-state index in [0.29, 0.717) is 12.8 Å². The quantitative estimate of drug-likeness (QED) is 0.0234. The van der Waals surface area contributed by atoms with Crippen LogP contribution in [0.5, 0.6) is 0 Å². The molecule has 0 rings (SSSR count). The Labute approximate surface area is 337 Å². The third-order valence-electron chi connectivity index (χ3n) is 9.35. The molecule has 0 bridgehead atoms. The first-order valence-electron chi connectivity index (χ1n) is 22.0. The highest BCUT2D eigenvalue weighted by Crippen LogP contribution is 2.43. The molecule has 10 heteroatoms. The van der Waals surface area contributed by atoms with Crippen LogP contribution in [0, 0.1) is 0 Å². The van der Waals surface area contributed by atoms with Gasteiger partial charge < -0.3 is 26.2 Å². The predicted octanol–water partition coefficient (Wildman–Crippen LogP) is 11.2. The molecule has 0 aromatic heterocycles. The summed E-state index contributed by atoms with van der Waals surface area (Å²) in [5.74, 6) is -0.471. The van der Waals surface area contributed by atoms with Gasteiger partial charge in [0.2, 0.25) is 5.91 Å². The smallest absolute Gasteiger partial charge is 0.393 e. The van der Waals surface area contributed by atoms with Gasteiger partial charge in [-0.05, 0) is 70.6 Å². The van der Waals surface area contributed by atoms with E-state index in [0.717, 1.165) is 70.6 Å². The number of amides is 1. The Kier molecular flexibility index (Phi) is 39.0. The second-order valence-electron chi connectivity index (χ2n) is 14.7. The molecule has 320 valence electrons. The number of nitrogens with two attached hydrogens (primary N) is 1. The second kappa shape index (κ2) is 40.4. The largest absolute Gasteiger partial charge is 0.472 e. The summed E-state index contributed by atoms with van der Waals surface area (Å²) >= 11 is 0. The van der Waals surface area contributed by atoms with Crippen molar-refractivity contribution in [1.82, 2.24) is 5.32 Å². The van der Waals surface area contributed by atoms with Crippen molar-refractivity contribution in [3.05, 3.63) is 60.8 Å². The maximum atomic E-state index is 12.8. The summed E-state index contributed by atoms with van der Waals surface area (Å²) in [4.78, 5) is 22.7. The van der Waals surface area contributed by atoms with Crippen LogP contribution in [0.1, 0.15) is 181 Å². The average molecular weight is 795 g/mol. The Balaban J connectivity index is 4.31. The Hall–Kier alpha value is -1.84. The Morgan fingerprint density at radius 1 is 0.636 bits per heavy atom. The van der Waals surface area contributed by atoms with E-state index in [1.165, 1.54) is 77.0 Å². The lowest BCUT2D eigenvalue weighted by Gasteiger charge is -2.24. The zero-order valence-electron chi connectivity index (χ0n) is 35.0. The fourth-order valence-electron chi connectivity index (χ4n) is 5.99. The number of allylic oxidation sites excluding steroid dienone is 9. The number of carbonyl (C=O) groups is 1. The number of hydrogen-bond acceptors (Lipinski definition) is 7. The Morgan fingerprint density at radius 2 is 1.11 bits per heavy atom. The maximum absolute atomic E-state index is 12.8. The lowest BCUT2D eigenvalue weighted by molar-refractivity contribution is -0.124. The van der Waals surface area contributed by atoms with E-state index in [1.807, 2.05) is 6.08 Å². The minimum atomic E-state index is -4.41. The standard InChI is InChI=1S/C45H83N2O7P/c1-3-5-7-9-11-13-15-17-18-19-20-21-22-23-24-25-26-28-30-32-34-36-42(48)40-45(50)47-43(41-54-55(51,52)53-39-38-46)44(49)37-35-33-31-29-27-16-14-12-10-8-6-4-2/h10,12,20-21,23-24,27,29,35,37,42-44,48-49H,3-9,11,13-19,22,25-26,28,30-34,36,38-41,46H2,1-2H3,(H,47,50)(H,51,52)/b12-10+,21-20-,24-23-,29-27+,37-35+. The number of phosphoric ester groups is 1. The van der Waals surface area contributed by atoms with E-state index in [2.05, 4.69) is 67.8 Å². The number of aliphatic hydroxyl groups excluding tert-OH is 2. The molecule has 0 radical (unpaired) electrons. The van der Waals surface area contributed by atoms with Crippen LogP contribution in [0.25, 0.3) is 0 Å². The summed E-state index contributed by atoms with van der Waals surface area (Å²) < 4.78 is 22.0. The van der Waals surface area contributed by atoms with Gasteiger partial charge >= 0.3 is 7.82 Å². The third kappa shape index (κ3) is 38.8. The van der Waals surface area contributed by atoms with Crippen molar-refractivity contribution >= 4 is 13.7 Å². The van der Waals surface area contributed by atoms with E-state index >= 15 is 0 Å². The summed E-state index contributed by atoms with van der Waals surface area (Å²) in [5, 5.41) is 24.0. The molecule has 0 saturated heterocycles. The summed E-state index contributed by atoms with van der Waals surface area (Å²) in [6, 6.07) is -1.01. The van der Waals surface area contributed by atoms with Crippen LogP contribution in [0.2, 0.25) is 0 Å². The molecular formula is C45H83N2O7P. The number of phosphoric acid groups is 1. The lowest BCUT2D eigenvalue weighted by atomic mass is 10.0. The molecule has 9 nitrogen and oxygen atoms in total. The topological polar surface area (TPSA) is 151 Å². The molecule has 0 spiro atoms. The molecule has 0 fully saturated rings. The minimum Gasteiger partial charge on any atom is -0.393 e. The lowest BCUT2D eigenvalue weighted by Crippen LogP contribution is -2.46. The number of nitrogens with one attached hydrogen (secondary N) is 1. The van der Waals surface area contributed by atoms with Gasteiger partial charge in [-0.15, -0.1) is 0 Å². The summed E-state index contributed by atoms with van der Waals surface area (Å²) in [5.41, 5.74) is 5.35. The third-order valence-corrected chi connectivity index (χ3v) is 10.3. The molecule has 4 atom stereocenters. The van der Waals surface area contributed by atoms with Gasteiger partial charge in [0.05, 0.1) is 37.9 Å². The highest BCUT2D eigenvalue weighted by molar-refractivity contribution is 7.47. The summed E-state index contributed by atoms with van der Waals surface area (Å²) in [6.07, 6.45) is 47.4. The van der Waals surface area contributed by atoms with Gasteiger partial charge in [0.25, 0.3) is 0 Å². The van der Waals surface area contributed by atoms with E-state index in [1.54, 1.807) is 6.08 Å². The van der Waals surface area contributed by atoms with Crippen molar-refractivity contribution < 1.29 is 33.5 Å². The highest BCUT2D eigenvalue weighted by Gasteiger charge is 2.27. The van der Waals surface area contributed by atoms with Gasteiger partial charge in [-0.1, -0.05) is 164 Å². The van der Waals surface area contributed by atoms with Crippen LogP contribution in [0.4, 0.5) is 0 Å². The number of hydrogen-bond donors (Lipinski definition) is 5. The second-order valence-corrected chi connectivity index (χ2v) is 16.2. The van der Waals surface area contributed by atoms with Crippen LogP contribution in [0.3, 0.4) is 0 Å². The molecule has 0 aliphatic carbocycles. The van der Waals surface area contributed by atoms with Gasteiger partial charge in [0.15, 0.2) is 0 Å². The first-order valence-corrected chi connectivity index (χ1v) is 23.5. The van der Waals surface area contributed by atoms with E-state index in [-0.39, 0.29) is 19.6 Å². The number of aliphatic hydroxyl groups is 2. The molecule has 4 unspecified atom stereocenters. The van der Waals surface area contributed by atoms with Crippen LogP contribution in [-0.2, 0) is 18.4 Å². The zero-order valence-corrected chi connectivity index (χ0v) is 35.9. The van der Waals surface area contributed by atoms with E-state index in [4.69, 9.17) is 14.8 Å². The average Bonchev–Trinajstić information content (AvgIpc) is 3.16. The highest BCUT2D eigenvalue weighted by atomic mass is 31.2. The molecule has 0 aromatic rings. The van der Waals surface area contributed by atoms with Crippen molar-refractivity contribution in [3.8, 4) is 0 Å². The molecule has 6 N–H and O–H groups in total. The number of unbranched alkanes of at least 4 members (excludes halogenated alkanes) is 18. The van der Waals surface area contributed by atoms with Gasteiger partial charge in [0, 0.05) is 6.54 Å². The number of rotatable bonds is 40. The van der Waals surface area contributed by atoms with E-state index < -0.39 is 38.6 Å². The van der Waals surface area contributed by atoms with Gasteiger partial charge in [0.1, 0.15) is 0 Å². The molecule has 0 aliphatic rings. The number of carbonyl (C=O) groups excluding carboxylic acids is 1. The molecule has 0 heterocycles. The molecule has 55 heavy (non-hydrogen) atoms. The Bertz CT molecular complexity index is 1060. The molecule has 0 aromatic carbocycles. The van der Waals surface area contributed by atoms with Gasteiger partial charge in [-0.2, -0.15) is 0 Å². The Morgan fingerprint density at radius 3 is 1.67 bits per heavy atom. The van der Waals surface area contributed by atoms with Crippen molar-refractivity contribution in [2.45, 2.75) is 199 Å². The molecule has 0 saturated carbocycles. The SMILES string of the molecule is CCCC/C=C/CC/C=C/CC/C=C/C(O)C(COP(=O)(O)OCCN)NC(=O)CC(O)CCCCCCC/C=C\C/C=C\CCCCCCCCCCC. The van der Waals surface area contributed by atoms with Crippen LogP contribution in [0.15, 0.2) is 60.8 Å². The molecular weight excluding hydrogens is 711 g/mol. The van der Waals surface area contributed by atoms with Gasteiger partial charge in [-0.3, -0.25) is 13.8 Å². The van der Waals surface area contributed by atoms with Crippen molar-refractivity contribution in [1.29, 1.82) is 0 Å². The van der Waals surface area contributed by atoms with Crippen molar-refractivity contribution in [2.75, 3.05) is 19.8 Å². The molecule has 1 amide bonds. The monoisotopic (exact) mass is 795 g/mol. The van der Waals surface area contributed by atoms with Crippen molar-refractivity contribution in [2.24, 2.45) is 5.73 Å². The van der Waals surface area contributed by atoms with Crippen LogP contribution < -0.4 is 11.1 Å². The minimum absolute atomic E-state index is 0.0380.